The summed E-state index contributed by atoms with van der Waals surface area (Å²) in [4.78, 5) is 12.0. The van der Waals surface area contributed by atoms with Crippen molar-refractivity contribution in [1.29, 1.82) is 0 Å². The van der Waals surface area contributed by atoms with Gasteiger partial charge < -0.3 is 4.74 Å². The number of carbonyl (C=O) groups excluding carboxylic acids is 1. The van der Waals surface area contributed by atoms with Crippen molar-refractivity contribution in [2.45, 2.75) is 32.3 Å². The molecule has 116 valence electrons. The predicted octanol–water partition coefficient (Wildman–Crippen LogP) is 3.61. The number of hydrogen-bond acceptors (Lipinski definition) is 3. The van der Waals surface area contributed by atoms with Gasteiger partial charge in [-0.25, -0.2) is 5.48 Å². The normalized spacial score (nSPS) is 12.5. The largest absolute Gasteiger partial charge is 0.475 e. The molecule has 0 heterocycles. The Balaban J connectivity index is 2.39. The number of hydrogen-bond donors (Lipinski definition) is 2. The van der Waals surface area contributed by atoms with E-state index in [9.17, 15) is 4.79 Å². The van der Waals surface area contributed by atoms with Gasteiger partial charge in [0.1, 0.15) is 5.75 Å². The van der Waals surface area contributed by atoms with Crippen LogP contribution in [0.3, 0.4) is 0 Å². The van der Waals surface area contributed by atoms with Crippen LogP contribution in [-0.4, -0.2) is 11.1 Å². The van der Waals surface area contributed by atoms with Crippen molar-refractivity contribution in [3.05, 3.63) is 65.7 Å². The number of nitrogens with one attached hydrogen (secondary N) is 1. The van der Waals surface area contributed by atoms with Crippen LogP contribution in [-0.2, 0) is 10.2 Å². The van der Waals surface area contributed by atoms with Crippen molar-refractivity contribution >= 4 is 5.91 Å². The molecule has 2 aromatic carbocycles. The van der Waals surface area contributed by atoms with Crippen molar-refractivity contribution in [3.8, 4) is 5.75 Å². The number of carbonyl (C=O) groups is 1. The Labute approximate surface area is 130 Å². The minimum atomic E-state index is -0.908. The molecule has 0 aliphatic heterocycles. The Kier molecular flexibility index (Phi) is 4.83. The third-order valence-corrected chi connectivity index (χ3v) is 3.39. The molecule has 1 amide bonds. The average molecular weight is 299 g/mol. The van der Waals surface area contributed by atoms with Crippen LogP contribution in [0.5, 0.6) is 5.75 Å². The van der Waals surface area contributed by atoms with Gasteiger partial charge in [-0.3, -0.25) is 10.0 Å². The third-order valence-electron chi connectivity index (χ3n) is 3.39. The Morgan fingerprint density at radius 3 is 2.23 bits per heavy atom. The molecule has 0 saturated heterocycles. The minimum absolute atomic E-state index is 0.118. The fourth-order valence-corrected chi connectivity index (χ4v) is 2.28. The quantitative estimate of drug-likeness (QED) is 0.670. The number of amides is 1. The van der Waals surface area contributed by atoms with Crippen molar-refractivity contribution in [3.63, 3.8) is 0 Å². The van der Waals surface area contributed by atoms with Crippen molar-refractivity contribution in [2.24, 2.45) is 0 Å². The van der Waals surface area contributed by atoms with Gasteiger partial charge in [0, 0.05) is 5.56 Å². The molecule has 0 aliphatic carbocycles. The van der Waals surface area contributed by atoms with Crippen LogP contribution >= 0.6 is 0 Å². The molecule has 1 unspecified atom stereocenters. The Morgan fingerprint density at radius 2 is 1.64 bits per heavy atom. The maximum Gasteiger partial charge on any atom is 0.289 e. The van der Waals surface area contributed by atoms with Gasteiger partial charge >= 0.3 is 0 Å². The van der Waals surface area contributed by atoms with Gasteiger partial charge in [-0.2, -0.15) is 0 Å². The van der Waals surface area contributed by atoms with E-state index in [1.165, 1.54) is 0 Å². The lowest BCUT2D eigenvalue weighted by molar-refractivity contribution is -0.136. The molecule has 0 aromatic heterocycles. The lowest BCUT2D eigenvalue weighted by Crippen LogP contribution is -2.30. The summed E-state index contributed by atoms with van der Waals surface area (Å²) in [5, 5.41) is 8.99. The van der Waals surface area contributed by atoms with Gasteiger partial charge in [-0.05, 0) is 17.0 Å². The highest BCUT2D eigenvalue weighted by atomic mass is 16.5. The van der Waals surface area contributed by atoms with Crippen LogP contribution in [0.4, 0.5) is 0 Å². The molecular weight excluding hydrogens is 278 g/mol. The van der Waals surface area contributed by atoms with E-state index >= 15 is 0 Å². The second-order valence-corrected chi connectivity index (χ2v) is 6.13. The summed E-state index contributed by atoms with van der Waals surface area (Å²) < 4.78 is 5.94. The number of ether oxygens (including phenoxy) is 1. The van der Waals surface area contributed by atoms with E-state index in [-0.39, 0.29) is 5.41 Å². The van der Waals surface area contributed by atoms with Gasteiger partial charge in [0.05, 0.1) is 0 Å². The second-order valence-electron chi connectivity index (χ2n) is 6.13. The van der Waals surface area contributed by atoms with E-state index in [1.54, 1.807) is 17.6 Å². The third kappa shape index (κ3) is 3.65. The summed E-state index contributed by atoms with van der Waals surface area (Å²) in [6.45, 7) is 6.25. The molecule has 4 heteroatoms. The van der Waals surface area contributed by atoms with Gasteiger partial charge in [0.15, 0.2) is 0 Å². The molecule has 0 aliphatic rings. The molecule has 2 aromatic rings. The zero-order chi connectivity index (χ0) is 16.2. The number of hydroxylamine groups is 1. The molecule has 0 spiro atoms. The number of rotatable bonds is 4. The Morgan fingerprint density at radius 1 is 1.05 bits per heavy atom. The van der Waals surface area contributed by atoms with Gasteiger partial charge in [0.25, 0.3) is 5.91 Å². The standard InChI is InChI=1S/C18H21NO3/c1-18(2,3)14-11-7-8-12-15(14)22-16(17(20)19-21)13-9-5-4-6-10-13/h4-12,16,21H,1-3H3,(H,19,20). The first-order valence-electron chi connectivity index (χ1n) is 7.18. The number of para-hydroxylation sites is 1. The molecule has 1 atom stereocenters. The van der Waals surface area contributed by atoms with Crippen LogP contribution in [0, 0.1) is 0 Å². The molecular formula is C18H21NO3. The monoisotopic (exact) mass is 299 g/mol. The molecule has 0 saturated carbocycles. The molecule has 2 N–H and O–H groups in total. The summed E-state index contributed by atoms with van der Waals surface area (Å²) in [5.74, 6) is 0.0300. The maximum absolute atomic E-state index is 12.0. The van der Waals surface area contributed by atoms with E-state index in [0.29, 0.717) is 11.3 Å². The predicted molar refractivity (Wildman–Crippen MR) is 84.9 cm³/mol. The van der Waals surface area contributed by atoms with Crippen LogP contribution in [0.15, 0.2) is 54.6 Å². The first kappa shape index (κ1) is 16.0. The molecule has 0 bridgehead atoms. The Bertz CT molecular complexity index is 632. The molecule has 4 nitrogen and oxygen atoms in total. The molecule has 2 rings (SSSR count). The fourth-order valence-electron chi connectivity index (χ4n) is 2.28. The first-order chi connectivity index (χ1) is 10.4. The van der Waals surface area contributed by atoms with E-state index in [0.717, 1.165) is 5.56 Å². The maximum atomic E-state index is 12.0. The van der Waals surface area contributed by atoms with Crippen LogP contribution < -0.4 is 10.2 Å². The summed E-state index contributed by atoms with van der Waals surface area (Å²) in [7, 11) is 0. The van der Waals surface area contributed by atoms with Crippen molar-refractivity contribution < 1.29 is 14.7 Å². The average Bonchev–Trinajstić information content (AvgIpc) is 2.52. The zero-order valence-corrected chi connectivity index (χ0v) is 13.0. The molecule has 22 heavy (non-hydrogen) atoms. The van der Waals surface area contributed by atoms with Gasteiger partial charge in [-0.15, -0.1) is 0 Å². The minimum Gasteiger partial charge on any atom is -0.475 e. The van der Waals surface area contributed by atoms with E-state index < -0.39 is 12.0 Å². The summed E-state index contributed by atoms with van der Waals surface area (Å²) in [6.07, 6.45) is -0.908. The first-order valence-corrected chi connectivity index (χ1v) is 7.18. The highest BCUT2D eigenvalue weighted by Gasteiger charge is 2.25. The van der Waals surface area contributed by atoms with Crippen molar-refractivity contribution in [1.82, 2.24) is 5.48 Å². The SMILES string of the molecule is CC(C)(C)c1ccccc1OC(C(=O)NO)c1ccccc1. The number of benzene rings is 2. The van der Waals surface area contributed by atoms with Gasteiger partial charge in [-0.1, -0.05) is 69.3 Å². The van der Waals surface area contributed by atoms with E-state index in [4.69, 9.17) is 9.94 Å². The van der Waals surface area contributed by atoms with Crippen LogP contribution in [0.25, 0.3) is 0 Å². The summed E-state index contributed by atoms with van der Waals surface area (Å²) >= 11 is 0. The fraction of sp³-hybridized carbons (Fsp3) is 0.278. The smallest absolute Gasteiger partial charge is 0.289 e. The van der Waals surface area contributed by atoms with Crippen LogP contribution in [0.1, 0.15) is 38.0 Å². The molecule has 0 fully saturated rings. The van der Waals surface area contributed by atoms with Crippen molar-refractivity contribution in [2.75, 3.05) is 0 Å². The highest BCUT2D eigenvalue weighted by Crippen LogP contribution is 2.33. The summed E-state index contributed by atoms with van der Waals surface area (Å²) in [6, 6.07) is 16.7. The topological polar surface area (TPSA) is 58.6 Å². The molecule has 0 radical (unpaired) electrons. The Hall–Kier alpha value is -2.33. The lowest BCUT2D eigenvalue weighted by atomic mass is 9.86. The summed E-state index contributed by atoms with van der Waals surface area (Å²) in [5.41, 5.74) is 3.24. The van der Waals surface area contributed by atoms with Gasteiger partial charge in [0.2, 0.25) is 6.10 Å². The van der Waals surface area contributed by atoms with E-state index in [2.05, 4.69) is 20.8 Å². The highest BCUT2D eigenvalue weighted by molar-refractivity contribution is 5.81. The second kappa shape index (κ2) is 6.62. The van der Waals surface area contributed by atoms with E-state index in [1.807, 2.05) is 42.5 Å². The lowest BCUT2D eigenvalue weighted by Gasteiger charge is -2.25. The zero-order valence-electron chi connectivity index (χ0n) is 13.0. The van der Waals surface area contributed by atoms with Crippen LogP contribution in [0.2, 0.25) is 0 Å².